The van der Waals surface area contributed by atoms with Gasteiger partial charge in [0.15, 0.2) is 7.14 Å². The van der Waals surface area contributed by atoms with E-state index >= 15 is 4.57 Å². The molecule has 0 saturated carbocycles. The molecule has 0 aromatic heterocycles. The molecule has 7 heteroatoms. The molecule has 6 rings (SSSR count). The largest absolute Gasteiger partial charge is 0.416 e. The lowest BCUT2D eigenvalue weighted by Gasteiger charge is -2.38. The van der Waals surface area contributed by atoms with Crippen LogP contribution in [-0.4, -0.2) is 31.1 Å². The Morgan fingerprint density at radius 3 is 1.60 bits per heavy atom. The Bertz CT molecular complexity index is 1800. The molecular weight excluding hydrogens is 588 g/mol. The fourth-order valence-corrected chi connectivity index (χ4v) is 8.50. The van der Waals surface area contributed by atoms with Gasteiger partial charge in [-0.15, -0.1) is 0 Å². The number of halogens is 3. The molecular formula is C38H32F3N2OP. The maximum absolute atomic E-state index is 15.7. The number of benzene rings is 5. The number of hydrogen-bond donors (Lipinski definition) is 0. The standard InChI is InChI=1S/C38H32F3N2OP/c39-38(40,41)32-18-13-19-33(28-32)42-24-26-43(27-25-42)36(30-14-5-1-6-15-30)29-37(31-16-7-2-8-17-31)45(44,34-20-9-3-10-21-34)35-22-11-4-12-23-35/h1-23,28H,24-27H2. The van der Waals surface area contributed by atoms with Gasteiger partial charge in [-0.2, -0.15) is 13.2 Å². The first kappa shape index (κ1) is 30.3. The molecule has 0 atom stereocenters. The van der Waals surface area contributed by atoms with E-state index in [9.17, 15) is 13.2 Å². The monoisotopic (exact) mass is 620 g/mol. The number of anilines is 1. The number of rotatable bonds is 7. The van der Waals surface area contributed by atoms with E-state index in [1.165, 1.54) is 12.1 Å². The summed E-state index contributed by atoms with van der Waals surface area (Å²) in [6.07, 6.45) is -4.40. The summed E-state index contributed by atoms with van der Waals surface area (Å²) in [4.78, 5) is 4.18. The van der Waals surface area contributed by atoms with E-state index in [0.29, 0.717) is 47.8 Å². The molecule has 3 nitrogen and oxygen atoms in total. The van der Waals surface area contributed by atoms with Gasteiger partial charge in [0.05, 0.1) is 16.6 Å². The van der Waals surface area contributed by atoms with Crippen LogP contribution in [0.15, 0.2) is 151 Å². The zero-order valence-corrected chi connectivity index (χ0v) is 25.5. The molecule has 1 fully saturated rings. The second-order valence-electron chi connectivity index (χ2n) is 10.9. The lowest BCUT2D eigenvalue weighted by atomic mass is 10.1. The van der Waals surface area contributed by atoms with Crippen LogP contribution in [0.2, 0.25) is 0 Å². The number of hydrogen-bond acceptors (Lipinski definition) is 3. The predicted octanol–water partition coefficient (Wildman–Crippen LogP) is 8.52. The van der Waals surface area contributed by atoms with Crippen molar-refractivity contribution in [1.82, 2.24) is 4.90 Å². The number of piperazine rings is 1. The Balaban J connectivity index is 1.51. The van der Waals surface area contributed by atoms with E-state index in [1.807, 2.05) is 126 Å². The molecule has 5 aromatic carbocycles. The van der Waals surface area contributed by atoms with Gasteiger partial charge < -0.3 is 14.4 Å². The van der Waals surface area contributed by atoms with Crippen molar-refractivity contribution in [3.05, 3.63) is 168 Å². The minimum Gasteiger partial charge on any atom is -0.368 e. The maximum Gasteiger partial charge on any atom is 0.416 e. The summed E-state index contributed by atoms with van der Waals surface area (Å²) >= 11 is 0. The highest BCUT2D eigenvalue weighted by Crippen LogP contribution is 2.56. The van der Waals surface area contributed by atoms with Gasteiger partial charge in [-0.05, 0) is 23.8 Å². The third-order valence-electron chi connectivity index (χ3n) is 8.02. The van der Waals surface area contributed by atoms with Gasteiger partial charge in [-0.3, -0.25) is 0 Å². The average Bonchev–Trinajstić information content (AvgIpc) is 3.10. The summed E-state index contributed by atoms with van der Waals surface area (Å²) in [5, 5.41) is 2.02. The lowest BCUT2D eigenvalue weighted by Crippen LogP contribution is -2.45. The van der Waals surface area contributed by atoms with Gasteiger partial charge in [0.2, 0.25) is 0 Å². The van der Waals surface area contributed by atoms with Gasteiger partial charge in [-0.1, -0.05) is 133 Å². The van der Waals surface area contributed by atoms with E-state index in [0.717, 1.165) is 22.9 Å². The smallest absolute Gasteiger partial charge is 0.368 e. The molecule has 0 spiro atoms. The van der Waals surface area contributed by atoms with Crippen molar-refractivity contribution in [2.45, 2.75) is 6.18 Å². The average molecular weight is 621 g/mol. The summed E-state index contributed by atoms with van der Waals surface area (Å²) in [5.74, 6) is 0. The van der Waals surface area contributed by atoms with Crippen LogP contribution in [0, 0.1) is 0 Å². The molecule has 1 aliphatic heterocycles. The van der Waals surface area contributed by atoms with Gasteiger partial charge >= 0.3 is 6.18 Å². The first-order chi connectivity index (χ1) is 21.8. The van der Waals surface area contributed by atoms with E-state index in [-0.39, 0.29) is 0 Å². The molecule has 1 aliphatic rings. The lowest BCUT2D eigenvalue weighted by molar-refractivity contribution is -0.137. The van der Waals surface area contributed by atoms with Crippen LogP contribution in [0.3, 0.4) is 0 Å². The van der Waals surface area contributed by atoms with Gasteiger partial charge in [0.25, 0.3) is 0 Å². The highest BCUT2D eigenvalue weighted by atomic mass is 31.2. The van der Waals surface area contributed by atoms with Crippen LogP contribution in [0.5, 0.6) is 0 Å². The van der Waals surface area contributed by atoms with E-state index in [1.54, 1.807) is 6.07 Å². The quantitative estimate of drug-likeness (QED) is 0.135. The highest BCUT2D eigenvalue weighted by Gasteiger charge is 2.34. The third-order valence-corrected chi connectivity index (χ3v) is 11.1. The summed E-state index contributed by atoms with van der Waals surface area (Å²) in [7, 11) is -3.42. The Morgan fingerprint density at radius 2 is 1.09 bits per heavy atom. The van der Waals surface area contributed by atoms with Crippen molar-refractivity contribution in [2.24, 2.45) is 0 Å². The molecule has 0 aliphatic carbocycles. The highest BCUT2D eigenvalue weighted by molar-refractivity contribution is 7.87. The topological polar surface area (TPSA) is 23.6 Å². The van der Waals surface area contributed by atoms with Crippen LogP contribution < -0.4 is 15.5 Å². The molecule has 0 N–H and O–H groups in total. The Kier molecular flexibility index (Phi) is 8.80. The summed E-state index contributed by atoms with van der Waals surface area (Å²) in [6, 6.07) is 44.3. The van der Waals surface area contributed by atoms with Crippen LogP contribution in [0.1, 0.15) is 16.7 Å². The molecule has 0 radical (unpaired) electrons. The second kappa shape index (κ2) is 13.1. The van der Waals surface area contributed by atoms with Crippen molar-refractivity contribution >= 4 is 34.4 Å². The summed E-state index contributed by atoms with van der Waals surface area (Å²) < 4.78 is 56.0. The third kappa shape index (κ3) is 6.54. The minimum atomic E-state index is -4.40. The number of nitrogens with zero attached hydrogens (tertiary/aromatic N) is 2. The maximum atomic E-state index is 15.7. The Labute approximate surface area is 262 Å². The summed E-state index contributed by atoms with van der Waals surface area (Å²) in [5.41, 5.74) is 6.13. The van der Waals surface area contributed by atoms with Crippen LogP contribution in [0.4, 0.5) is 18.9 Å². The van der Waals surface area contributed by atoms with Crippen LogP contribution in [0.25, 0.3) is 11.0 Å². The van der Waals surface area contributed by atoms with Crippen molar-refractivity contribution in [2.75, 3.05) is 31.1 Å². The van der Waals surface area contributed by atoms with E-state index < -0.39 is 18.9 Å². The molecule has 5 aromatic rings. The van der Waals surface area contributed by atoms with Crippen molar-refractivity contribution in [3.63, 3.8) is 0 Å². The molecule has 0 bridgehead atoms. The Hall–Kier alpha value is -4.76. The molecule has 226 valence electrons. The number of alkyl halides is 3. The molecule has 0 amide bonds. The summed E-state index contributed by atoms with van der Waals surface area (Å²) in [6.45, 7) is 2.15. The van der Waals surface area contributed by atoms with Crippen LogP contribution >= 0.6 is 7.14 Å². The normalized spacial score (nSPS) is 13.7. The molecule has 0 unspecified atom stereocenters. The second-order valence-corrected chi connectivity index (χ2v) is 13.6. The van der Waals surface area contributed by atoms with E-state index in [4.69, 9.17) is 0 Å². The predicted molar refractivity (Wildman–Crippen MR) is 178 cm³/mol. The van der Waals surface area contributed by atoms with Crippen molar-refractivity contribution < 1.29 is 17.7 Å². The van der Waals surface area contributed by atoms with Gasteiger partial charge in [-0.25, -0.2) is 0 Å². The Morgan fingerprint density at radius 1 is 0.600 bits per heavy atom. The van der Waals surface area contributed by atoms with E-state index in [2.05, 4.69) is 10.6 Å². The van der Waals surface area contributed by atoms with Crippen molar-refractivity contribution in [3.8, 4) is 0 Å². The molecule has 1 heterocycles. The first-order valence-corrected chi connectivity index (χ1v) is 16.6. The minimum absolute atomic E-state index is 0.523. The SMILES string of the molecule is O=P(C(=C=C(c1ccccc1)N1CCN(c2cccc(C(F)(F)F)c2)CC1)c1ccccc1)(c1ccccc1)c1ccccc1. The van der Waals surface area contributed by atoms with Gasteiger partial charge in [0.1, 0.15) is 0 Å². The fourth-order valence-electron chi connectivity index (χ4n) is 5.72. The first-order valence-electron chi connectivity index (χ1n) is 14.8. The van der Waals surface area contributed by atoms with Crippen molar-refractivity contribution in [1.29, 1.82) is 0 Å². The molecule has 45 heavy (non-hydrogen) atoms. The zero-order valence-electron chi connectivity index (χ0n) is 24.6. The van der Waals surface area contributed by atoms with Crippen LogP contribution in [-0.2, 0) is 10.7 Å². The van der Waals surface area contributed by atoms with Gasteiger partial charge in [0, 0.05) is 48.0 Å². The molecule has 1 saturated heterocycles. The fraction of sp³-hybridized carbons (Fsp3) is 0.132. The zero-order chi connectivity index (χ0) is 31.3.